The van der Waals surface area contributed by atoms with Crippen molar-refractivity contribution in [2.45, 2.75) is 26.2 Å². The van der Waals surface area contributed by atoms with Gasteiger partial charge in [0.25, 0.3) is 5.91 Å². The highest BCUT2D eigenvalue weighted by atomic mass is 16.2. The minimum Gasteiger partial charge on any atom is -0.360 e. The molecule has 0 aliphatic carbocycles. The maximum Gasteiger partial charge on any atom is 0.266 e. The van der Waals surface area contributed by atoms with Crippen LogP contribution in [0.4, 0.5) is 5.69 Å². The van der Waals surface area contributed by atoms with Gasteiger partial charge in [0.15, 0.2) is 0 Å². The van der Waals surface area contributed by atoms with Crippen LogP contribution >= 0.6 is 0 Å². The summed E-state index contributed by atoms with van der Waals surface area (Å²) in [7, 11) is 0. The molecule has 0 spiro atoms. The number of hydrogen-bond acceptors (Lipinski definition) is 4. The summed E-state index contributed by atoms with van der Waals surface area (Å²) >= 11 is 0. The van der Waals surface area contributed by atoms with Crippen molar-refractivity contribution in [1.82, 2.24) is 10.2 Å². The maximum absolute atomic E-state index is 12.3. The van der Waals surface area contributed by atoms with E-state index in [9.17, 15) is 10.1 Å². The average molecular weight is 312 g/mol. The van der Waals surface area contributed by atoms with E-state index >= 15 is 0 Å². The Kier molecular flexibility index (Phi) is 6.64. The Morgan fingerprint density at radius 2 is 2.04 bits per heavy atom. The number of piperazine rings is 1. The first kappa shape index (κ1) is 17.0. The fourth-order valence-corrected chi connectivity index (χ4v) is 2.48. The Morgan fingerprint density at radius 3 is 2.65 bits per heavy atom. The van der Waals surface area contributed by atoms with Crippen molar-refractivity contribution >= 4 is 11.6 Å². The fourth-order valence-electron chi connectivity index (χ4n) is 2.48. The summed E-state index contributed by atoms with van der Waals surface area (Å²) in [6.07, 6.45) is 4.95. The number of carbonyl (C=O) groups excluding carboxylic acids is 1. The normalized spacial score (nSPS) is 15.1. The third-order valence-corrected chi connectivity index (χ3v) is 3.91. The molecule has 0 saturated carbocycles. The lowest BCUT2D eigenvalue weighted by atomic mass is 10.1. The molecular weight excluding hydrogens is 288 g/mol. The van der Waals surface area contributed by atoms with E-state index in [-0.39, 0.29) is 11.5 Å². The molecule has 0 atom stereocenters. The summed E-state index contributed by atoms with van der Waals surface area (Å²) in [6, 6.07) is 10.1. The van der Waals surface area contributed by atoms with E-state index in [1.165, 1.54) is 24.6 Å². The predicted molar refractivity (Wildman–Crippen MR) is 91.8 cm³/mol. The van der Waals surface area contributed by atoms with Crippen molar-refractivity contribution in [2.75, 3.05) is 31.5 Å². The van der Waals surface area contributed by atoms with Gasteiger partial charge in [-0.1, -0.05) is 25.5 Å². The van der Waals surface area contributed by atoms with Crippen LogP contribution in [0.25, 0.3) is 0 Å². The minimum absolute atomic E-state index is 0.141. The van der Waals surface area contributed by atoms with Crippen LogP contribution in [0, 0.1) is 11.3 Å². The third-order valence-electron chi connectivity index (χ3n) is 3.91. The van der Waals surface area contributed by atoms with Crippen LogP contribution in [0.15, 0.2) is 36.0 Å². The zero-order chi connectivity index (χ0) is 16.5. The highest BCUT2D eigenvalue weighted by molar-refractivity contribution is 5.97. The topological polar surface area (TPSA) is 68.2 Å². The Labute approximate surface area is 138 Å². The molecular formula is C18H24N4O. The Morgan fingerprint density at radius 1 is 1.35 bits per heavy atom. The molecule has 2 N–H and O–H groups in total. The van der Waals surface area contributed by atoms with Gasteiger partial charge in [-0.2, -0.15) is 5.26 Å². The molecule has 1 aromatic rings. The number of carbonyl (C=O) groups is 1. The second kappa shape index (κ2) is 8.96. The summed E-state index contributed by atoms with van der Waals surface area (Å²) in [6.45, 7) is 5.02. The molecule has 0 radical (unpaired) electrons. The quantitative estimate of drug-likeness (QED) is 0.624. The first-order valence-electron chi connectivity index (χ1n) is 8.20. The molecule has 0 bridgehead atoms. The molecule has 5 heteroatoms. The van der Waals surface area contributed by atoms with Crippen molar-refractivity contribution in [3.8, 4) is 6.07 Å². The predicted octanol–water partition coefficient (Wildman–Crippen LogP) is 2.28. The molecule has 5 nitrogen and oxygen atoms in total. The fraction of sp³-hybridized carbons (Fsp3) is 0.444. The second-order valence-corrected chi connectivity index (χ2v) is 5.66. The van der Waals surface area contributed by atoms with Crippen molar-refractivity contribution in [1.29, 1.82) is 5.26 Å². The van der Waals surface area contributed by atoms with Gasteiger partial charge in [-0.25, -0.2) is 0 Å². The van der Waals surface area contributed by atoms with Gasteiger partial charge in [0.05, 0.1) is 0 Å². The summed E-state index contributed by atoms with van der Waals surface area (Å²) < 4.78 is 0. The third kappa shape index (κ3) is 5.11. The highest BCUT2D eigenvalue weighted by Gasteiger charge is 2.19. The van der Waals surface area contributed by atoms with E-state index in [1.807, 2.05) is 18.2 Å². The highest BCUT2D eigenvalue weighted by Crippen LogP contribution is 2.13. The van der Waals surface area contributed by atoms with Gasteiger partial charge in [-0.05, 0) is 30.5 Å². The number of nitriles is 1. The number of amides is 1. The van der Waals surface area contributed by atoms with E-state index in [0.717, 1.165) is 25.2 Å². The van der Waals surface area contributed by atoms with Crippen LogP contribution in [0.2, 0.25) is 0 Å². The van der Waals surface area contributed by atoms with Gasteiger partial charge in [0.1, 0.15) is 11.6 Å². The van der Waals surface area contributed by atoms with Gasteiger partial charge >= 0.3 is 0 Å². The van der Waals surface area contributed by atoms with E-state index in [0.29, 0.717) is 13.1 Å². The number of rotatable bonds is 6. The number of unbranched alkanes of at least 4 members (excludes halogenated alkanes) is 1. The Bertz CT molecular complexity index is 580. The minimum atomic E-state index is -0.207. The molecule has 1 fully saturated rings. The number of hydrogen-bond donors (Lipinski definition) is 2. The lowest BCUT2D eigenvalue weighted by Crippen LogP contribution is -2.46. The Hall–Kier alpha value is -2.32. The first-order valence-corrected chi connectivity index (χ1v) is 8.20. The molecule has 122 valence electrons. The van der Waals surface area contributed by atoms with Crippen LogP contribution in [0.3, 0.4) is 0 Å². The largest absolute Gasteiger partial charge is 0.360 e. The van der Waals surface area contributed by atoms with Gasteiger partial charge < -0.3 is 15.5 Å². The number of nitrogens with one attached hydrogen (secondary N) is 2. The number of benzene rings is 1. The first-order chi connectivity index (χ1) is 11.2. The molecule has 0 aromatic heterocycles. The smallest absolute Gasteiger partial charge is 0.266 e. The number of nitrogens with zero attached hydrogens (tertiary/aromatic N) is 2. The standard InChI is InChI=1S/C18H24N4O/c1-2-3-4-15-5-7-17(8-6-15)21-14-16(13-19)18(23)22-11-9-20-10-12-22/h5-8,14,20-21H,2-4,9-12H2,1H3/b16-14-. The summed E-state index contributed by atoms with van der Waals surface area (Å²) in [4.78, 5) is 14.0. The lowest BCUT2D eigenvalue weighted by molar-refractivity contribution is -0.127. The van der Waals surface area contributed by atoms with Crippen LogP contribution in [0.1, 0.15) is 25.3 Å². The van der Waals surface area contributed by atoms with E-state index in [2.05, 4.69) is 29.7 Å². The zero-order valence-corrected chi connectivity index (χ0v) is 13.6. The molecule has 1 aromatic carbocycles. The van der Waals surface area contributed by atoms with Gasteiger partial charge in [0.2, 0.25) is 0 Å². The lowest BCUT2D eigenvalue weighted by Gasteiger charge is -2.27. The van der Waals surface area contributed by atoms with Crippen LogP contribution in [-0.2, 0) is 11.2 Å². The molecule has 0 unspecified atom stereocenters. The average Bonchev–Trinajstić information content (AvgIpc) is 2.62. The van der Waals surface area contributed by atoms with E-state index in [4.69, 9.17) is 0 Å². The SMILES string of the molecule is CCCCc1ccc(N/C=C(/C#N)C(=O)N2CCNCC2)cc1. The Balaban J connectivity index is 1.96. The van der Waals surface area contributed by atoms with Crippen molar-refractivity contribution in [3.05, 3.63) is 41.6 Å². The molecule has 1 aliphatic heterocycles. The second-order valence-electron chi connectivity index (χ2n) is 5.66. The maximum atomic E-state index is 12.3. The molecule has 1 heterocycles. The number of anilines is 1. The van der Waals surface area contributed by atoms with Crippen LogP contribution in [-0.4, -0.2) is 37.0 Å². The van der Waals surface area contributed by atoms with Crippen LogP contribution < -0.4 is 10.6 Å². The molecule has 1 amide bonds. The summed E-state index contributed by atoms with van der Waals surface area (Å²) in [5.41, 5.74) is 2.33. The molecule has 2 rings (SSSR count). The summed E-state index contributed by atoms with van der Waals surface area (Å²) in [5.74, 6) is -0.207. The number of aryl methyl sites for hydroxylation is 1. The van der Waals surface area contributed by atoms with Crippen LogP contribution in [0.5, 0.6) is 0 Å². The molecule has 23 heavy (non-hydrogen) atoms. The van der Waals surface area contributed by atoms with E-state index < -0.39 is 0 Å². The molecule has 1 aliphatic rings. The van der Waals surface area contributed by atoms with Gasteiger partial charge in [0, 0.05) is 38.1 Å². The molecule has 1 saturated heterocycles. The van der Waals surface area contributed by atoms with Crippen molar-refractivity contribution in [3.63, 3.8) is 0 Å². The van der Waals surface area contributed by atoms with E-state index in [1.54, 1.807) is 4.90 Å². The zero-order valence-electron chi connectivity index (χ0n) is 13.6. The summed E-state index contributed by atoms with van der Waals surface area (Å²) in [5, 5.41) is 15.5. The monoisotopic (exact) mass is 312 g/mol. The van der Waals surface area contributed by atoms with Crippen molar-refractivity contribution in [2.24, 2.45) is 0 Å². The van der Waals surface area contributed by atoms with Gasteiger partial charge in [-0.15, -0.1) is 0 Å². The van der Waals surface area contributed by atoms with Crippen molar-refractivity contribution < 1.29 is 4.79 Å². The van der Waals surface area contributed by atoms with Gasteiger partial charge in [-0.3, -0.25) is 4.79 Å².